The molecule has 3 rings (SSSR count). The number of carboxylic acids is 1. The van der Waals surface area contributed by atoms with Crippen molar-refractivity contribution in [1.29, 1.82) is 0 Å². The highest BCUT2D eigenvalue weighted by Gasteiger charge is 2.23. The number of ether oxygens (including phenoxy) is 2. The Bertz CT molecular complexity index is 690. The molecule has 7 heteroatoms. The number of hydrogen-bond acceptors (Lipinski definition) is 6. The third kappa shape index (κ3) is 1.89. The number of benzene rings is 1. The third-order valence-corrected chi connectivity index (χ3v) is 2.84. The quantitative estimate of drug-likeness (QED) is 0.849. The molecule has 0 saturated carbocycles. The van der Waals surface area contributed by atoms with E-state index in [4.69, 9.17) is 19.1 Å². The van der Waals surface area contributed by atoms with Crippen LogP contribution >= 0.6 is 0 Å². The van der Waals surface area contributed by atoms with Crippen LogP contribution in [0, 0.1) is 0 Å². The first-order valence-corrected chi connectivity index (χ1v) is 5.79. The zero-order chi connectivity index (χ0) is 14.1. The number of aldehydes is 1. The Labute approximate surface area is 112 Å². The maximum atomic E-state index is 11.0. The Hall–Kier alpha value is -2.83. The van der Waals surface area contributed by atoms with E-state index < -0.39 is 5.97 Å². The SMILES string of the molecule is O=Cc1ccc(-c2cc(C(=O)O)on2)c2c1OCCO2. The molecule has 2 heterocycles. The number of aromatic carboxylic acids is 1. The minimum atomic E-state index is -1.21. The van der Waals surface area contributed by atoms with Crippen molar-refractivity contribution in [3.63, 3.8) is 0 Å². The van der Waals surface area contributed by atoms with Crippen molar-refractivity contribution >= 4 is 12.3 Å². The molecule has 0 bridgehead atoms. The predicted octanol–water partition coefficient (Wildman–Crippen LogP) is 1.62. The number of hydrogen-bond donors (Lipinski definition) is 1. The molecule has 0 unspecified atom stereocenters. The topological polar surface area (TPSA) is 98.9 Å². The van der Waals surface area contributed by atoms with Crippen LogP contribution in [0.2, 0.25) is 0 Å². The Morgan fingerprint density at radius 1 is 1.25 bits per heavy atom. The molecule has 0 amide bonds. The summed E-state index contributed by atoms with van der Waals surface area (Å²) in [6, 6.07) is 4.46. The molecule has 2 aromatic rings. The molecule has 1 N–H and O–H groups in total. The summed E-state index contributed by atoms with van der Waals surface area (Å²) in [7, 11) is 0. The molecular weight excluding hydrogens is 266 g/mol. The van der Waals surface area contributed by atoms with Crippen LogP contribution in [-0.4, -0.2) is 35.7 Å². The average Bonchev–Trinajstić information content (AvgIpc) is 2.96. The molecule has 7 nitrogen and oxygen atoms in total. The van der Waals surface area contributed by atoms with Crippen LogP contribution in [0.3, 0.4) is 0 Å². The first-order chi connectivity index (χ1) is 9.70. The van der Waals surface area contributed by atoms with Crippen LogP contribution in [0.4, 0.5) is 0 Å². The van der Waals surface area contributed by atoms with E-state index >= 15 is 0 Å². The van der Waals surface area contributed by atoms with Crippen molar-refractivity contribution in [2.45, 2.75) is 0 Å². The first kappa shape index (κ1) is 12.2. The van der Waals surface area contributed by atoms with Crippen molar-refractivity contribution in [1.82, 2.24) is 5.16 Å². The second-order valence-electron chi connectivity index (χ2n) is 4.06. The third-order valence-electron chi connectivity index (χ3n) is 2.84. The van der Waals surface area contributed by atoms with Gasteiger partial charge in [-0.1, -0.05) is 5.16 Å². The maximum Gasteiger partial charge on any atom is 0.374 e. The highest BCUT2D eigenvalue weighted by atomic mass is 16.6. The Balaban J connectivity index is 2.13. The lowest BCUT2D eigenvalue weighted by Gasteiger charge is -2.21. The van der Waals surface area contributed by atoms with E-state index in [-0.39, 0.29) is 5.76 Å². The van der Waals surface area contributed by atoms with Crippen LogP contribution in [-0.2, 0) is 0 Å². The van der Waals surface area contributed by atoms with E-state index in [1.165, 1.54) is 6.07 Å². The van der Waals surface area contributed by atoms with Gasteiger partial charge in [-0.25, -0.2) is 4.79 Å². The van der Waals surface area contributed by atoms with Crippen LogP contribution in [0.25, 0.3) is 11.3 Å². The van der Waals surface area contributed by atoms with E-state index in [1.54, 1.807) is 12.1 Å². The number of carboxylic acid groups (broad SMARTS) is 1. The molecule has 1 aliphatic rings. The largest absolute Gasteiger partial charge is 0.485 e. The summed E-state index contributed by atoms with van der Waals surface area (Å²) >= 11 is 0. The highest BCUT2D eigenvalue weighted by molar-refractivity contribution is 5.88. The standard InChI is InChI=1S/C13H9NO6/c15-6-7-1-2-8(12-11(7)18-3-4-19-12)9-5-10(13(16)17)20-14-9/h1-2,5-6H,3-4H2,(H,16,17). The van der Waals surface area contributed by atoms with Gasteiger partial charge in [0.25, 0.3) is 0 Å². The van der Waals surface area contributed by atoms with Crippen LogP contribution in [0.15, 0.2) is 22.7 Å². The smallest absolute Gasteiger partial charge is 0.374 e. The molecule has 0 radical (unpaired) electrons. The molecule has 20 heavy (non-hydrogen) atoms. The van der Waals surface area contributed by atoms with Crippen molar-refractivity contribution in [3.05, 3.63) is 29.5 Å². The van der Waals surface area contributed by atoms with Crippen molar-refractivity contribution in [2.24, 2.45) is 0 Å². The van der Waals surface area contributed by atoms with E-state index in [0.29, 0.717) is 47.8 Å². The highest BCUT2D eigenvalue weighted by Crippen LogP contribution is 2.41. The summed E-state index contributed by atoms with van der Waals surface area (Å²) < 4.78 is 15.7. The van der Waals surface area contributed by atoms with Crippen LogP contribution < -0.4 is 9.47 Å². The van der Waals surface area contributed by atoms with Crippen molar-refractivity contribution < 1.29 is 28.7 Å². The zero-order valence-electron chi connectivity index (χ0n) is 10.2. The van der Waals surface area contributed by atoms with Gasteiger partial charge in [-0.2, -0.15) is 0 Å². The predicted molar refractivity (Wildman–Crippen MR) is 65.3 cm³/mol. The number of carbonyl (C=O) groups excluding carboxylic acids is 1. The molecule has 102 valence electrons. The summed E-state index contributed by atoms with van der Waals surface area (Å²) in [5.74, 6) is -0.779. The summed E-state index contributed by atoms with van der Waals surface area (Å²) in [6.07, 6.45) is 0.669. The van der Waals surface area contributed by atoms with E-state index in [0.717, 1.165) is 0 Å². The van der Waals surface area contributed by atoms with Gasteiger partial charge < -0.3 is 19.1 Å². The monoisotopic (exact) mass is 275 g/mol. The van der Waals surface area contributed by atoms with Gasteiger partial charge in [0.05, 0.1) is 5.56 Å². The molecule has 1 aliphatic heterocycles. The van der Waals surface area contributed by atoms with Gasteiger partial charge in [0, 0.05) is 11.6 Å². The normalized spacial score (nSPS) is 13.0. The second-order valence-corrected chi connectivity index (χ2v) is 4.06. The number of nitrogens with zero attached hydrogens (tertiary/aromatic N) is 1. The second kappa shape index (κ2) is 4.69. The Morgan fingerprint density at radius 3 is 2.65 bits per heavy atom. The minimum Gasteiger partial charge on any atom is -0.485 e. The van der Waals surface area contributed by atoms with Gasteiger partial charge >= 0.3 is 5.97 Å². The fourth-order valence-corrected chi connectivity index (χ4v) is 1.95. The van der Waals surface area contributed by atoms with Gasteiger partial charge in [-0.3, -0.25) is 4.79 Å². The summed E-state index contributed by atoms with van der Waals surface area (Å²) in [6.45, 7) is 0.683. The van der Waals surface area contributed by atoms with Crippen LogP contribution in [0.5, 0.6) is 11.5 Å². The zero-order valence-corrected chi connectivity index (χ0v) is 10.2. The minimum absolute atomic E-state index is 0.273. The van der Waals surface area contributed by atoms with Gasteiger partial charge in [0.15, 0.2) is 17.8 Å². The fourth-order valence-electron chi connectivity index (χ4n) is 1.95. The van der Waals surface area contributed by atoms with E-state index in [2.05, 4.69) is 5.16 Å². The number of rotatable bonds is 3. The van der Waals surface area contributed by atoms with Gasteiger partial charge in [0.2, 0.25) is 5.76 Å². The molecule has 0 fully saturated rings. The molecule has 0 spiro atoms. The summed E-state index contributed by atoms with van der Waals surface area (Å²) in [4.78, 5) is 21.8. The van der Waals surface area contributed by atoms with Crippen LogP contribution in [0.1, 0.15) is 20.9 Å². The molecule has 1 aromatic carbocycles. The van der Waals surface area contributed by atoms with E-state index in [1.807, 2.05) is 0 Å². The maximum absolute atomic E-state index is 11.0. The summed E-state index contributed by atoms with van der Waals surface area (Å²) in [5, 5.41) is 12.5. The van der Waals surface area contributed by atoms with Crippen molar-refractivity contribution in [3.8, 4) is 22.8 Å². The molecule has 1 aromatic heterocycles. The molecule has 0 aliphatic carbocycles. The van der Waals surface area contributed by atoms with Gasteiger partial charge in [0.1, 0.15) is 18.9 Å². The molecular formula is C13H9NO6. The average molecular weight is 275 g/mol. The Morgan fingerprint density at radius 2 is 2.00 bits per heavy atom. The molecule has 0 saturated heterocycles. The van der Waals surface area contributed by atoms with E-state index in [9.17, 15) is 9.59 Å². The van der Waals surface area contributed by atoms with Crippen molar-refractivity contribution in [2.75, 3.05) is 13.2 Å². The summed E-state index contributed by atoms with van der Waals surface area (Å²) in [5.41, 5.74) is 1.19. The number of fused-ring (bicyclic) bond motifs is 1. The first-order valence-electron chi connectivity index (χ1n) is 5.79. The lowest BCUT2D eigenvalue weighted by molar-refractivity contribution is 0.0652. The van der Waals surface area contributed by atoms with Gasteiger partial charge in [-0.05, 0) is 12.1 Å². The molecule has 0 atom stereocenters. The fraction of sp³-hybridized carbons (Fsp3) is 0.154. The number of aromatic nitrogens is 1. The lowest BCUT2D eigenvalue weighted by atomic mass is 10.1. The lowest BCUT2D eigenvalue weighted by Crippen LogP contribution is -2.17. The van der Waals surface area contributed by atoms with Gasteiger partial charge in [-0.15, -0.1) is 0 Å². The Kier molecular flexibility index (Phi) is 2.86. The number of carbonyl (C=O) groups is 2.